The zero-order chi connectivity index (χ0) is 24.8. The van der Waals surface area contributed by atoms with Crippen LogP contribution in [0.2, 0.25) is 0 Å². The SMILES string of the molecule is CCCCOc1cccc2c1-c1ccccc1C2CCOc1ccc(C(C)(OCC)C(=O)O)cc1. The highest BCUT2D eigenvalue weighted by molar-refractivity contribution is 5.83. The van der Waals surface area contributed by atoms with E-state index in [1.807, 2.05) is 12.1 Å². The molecule has 0 saturated heterocycles. The van der Waals surface area contributed by atoms with Crippen molar-refractivity contribution in [2.45, 2.75) is 51.6 Å². The number of aliphatic carboxylic acids is 1. The average molecular weight is 475 g/mol. The van der Waals surface area contributed by atoms with Crippen LogP contribution in [0, 0.1) is 0 Å². The molecular formula is C30H34O5. The van der Waals surface area contributed by atoms with Crippen LogP contribution in [0.1, 0.15) is 62.6 Å². The second-order valence-corrected chi connectivity index (χ2v) is 9.00. The number of hydrogen-bond acceptors (Lipinski definition) is 4. The molecule has 0 saturated carbocycles. The van der Waals surface area contributed by atoms with Crippen molar-refractivity contribution in [1.29, 1.82) is 0 Å². The molecule has 0 aromatic heterocycles. The summed E-state index contributed by atoms with van der Waals surface area (Å²) in [4.78, 5) is 11.7. The van der Waals surface area contributed by atoms with Crippen LogP contribution in [0.15, 0.2) is 66.7 Å². The maximum absolute atomic E-state index is 11.7. The number of fused-ring (bicyclic) bond motifs is 3. The number of benzene rings is 3. The summed E-state index contributed by atoms with van der Waals surface area (Å²) in [6.07, 6.45) is 2.97. The van der Waals surface area contributed by atoms with Crippen molar-refractivity contribution in [1.82, 2.24) is 0 Å². The van der Waals surface area contributed by atoms with Gasteiger partial charge in [-0.15, -0.1) is 0 Å². The molecule has 1 aliphatic rings. The van der Waals surface area contributed by atoms with Crippen molar-refractivity contribution in [2.24, 2.45) is 0 Å². The van der Waals surface area contributed by atoms with Gasteiger partial charge in [0.2, 0.25) is 0 Å². The zero-order valence-corrected chi connectivity index (χ0v) is 20.8. The summed E-state index contributed by atoms with van der Waals surface area (Å²) in [7, 11) is 0. The largest absolute Gasteiger partial charge is 0.494 e. The van der Waals surface area contributed by atoms with E-state index in [4.69, 9.17) is 14.2 Å². The summed E-state index contributed by atoms with van der Waals surface area (Å²) in [5, 5.41) is 9.62. The standard InChI is InChI=1S/C30H34O5/c1-4-6-19-34-27-13-9-12-26-24(23-10-7-8-11-25(23)28(26)27)18-20-33-22-16-14-21(15-17-22)30(3,29(31)32)35-5-2/h7-17,24H,4-6,18-20H2,1-3H3,(H,31,32). The fraction of sp³-hybridized carbons (Fsp3) is 0.367. The van der Waals surface area contributed by atoms with E-state index >= 15 is 0 Å². The van der Waals surface area contributed by atoms with Crippen LogP contribution in [0.5, 0.6) is 11.5 Å². The van der Waals surface area contributed by atoms with E-state index in [-0.39, 0.29) is 5.92 Å². The Hall–Kier alpha value is -3.31. The molecule has 3 aromatic carbocycles. The highest BCUT2D eigenvalue weighted by Gasteiger charge is 2.36. The summed E-state index contributed by atoms with van der Waals surface area (Å²) in [6.45, 7) is 7.11. The molecule has 4 rings (SSSR count). The van der Waals surface area contributed by atoms with Gasteiger partial charge in [0.05, 0.1) is 13.2 Å². The molecule has 0 spiro atoms. The third-order valence-electron chi connectivity index (χ3n) is 6.72. The van der Waals surface area contributed by atoms with Gasteiger partial charge < -0.3 is 19.3 Å². The van der Waals surface area contributed by atoms with Crippen LogP contribution >= 0.6 is 0 Å². The highest BCUT2D eigenvalue weighted by atomic mass is 16.5. The number of carbonyl (C=O) groups is 1. The minimum atomic E-state index is -1.37. The van der Waals surface area contributed by atoms with E-state index in [0.29, 0.717) is 24.5 Å². The van der Waals surface area contributed by atoms with Crippen molar-refractivity contribution in [3.8, 4) is 22.6 Å². The highest BCUT2D eigenvalue weighted by Crippen LogP contribution is 2.50. The first-order valence-corrected chi connectivity index (χ1v) is 12.4. The van der Waals surface area contributed by atoms with E-state index in [2.05, 4.69) is 49.4 Å². The quantitative estimate of drug-likeness (QED) is 0.293. The fourth-order valence-corrected chi connectivity index (χ4v) is 4.80. The number of carboxylic acid groups (broad SMARTS) is 1. The number of carboxylic acids is 1. The Bertz CT molecular complexity index is 1150. The summed E-state index contributed by atoms with van der Waals surface area (Å²) >= 11 is 0. The van der Waals surface area contributed by atoms with E-state index in [1.165, 1.54) is 22.3 Å². The minimum absolute atomic E-state index is 0.239. The zero-order valence-electron chi connectivity index (χ0n) is 20.8. The van der Waals surface area contributed by atoms with Gasteiger partial charge in [0.1, 0.15) is 11.5 Å². The van der Waals surface area contributed by atoms with Crippen molar-refractivity contribution < 1.29 is 24.1 Å². The van der Waals surface area contributed by atoms with Gasteiger partial charge in [-0.2, -0.15) is 0 Å². The fourth-order valence-electron chi connectivity index (χ4n) is 4.80. The van der Waals surface area contributed by atoms with Crippen LogP contribution in [-0.2, 0) is 15.1 Å². The van der Waals surface area contributed by atoms with E-state index in [1.54, 1.807) is 26.0 Å². The lowest BCUT2D eigenvalue weighted by molar-refractivity contribution is -0.164. The molecular weight excluding hydrogens is 440 g/mol. The Morgan fingerprint density at radius 1 is 0.914 bits per heavy atom. The van der Waals surface area contributed by atoms with Gasteiger partial charge in [-0.25, -0.2) is 4.79 Å². The summed E-state index contributed by atoms with van der Waals surface area (Å²) in [5.41, 5.74) is 4.26. The number of unbranched alkanes of at least 4 members (excludes halogenated alkanes) is 1. The van der Waals surface area contributed by atoms with E-state index in [9.17, 15) is 9.90 Å². The second-order valence-electron chi connectivity index (χ2n) is 9.00. The monoisotopic (exact) mass is 474 g/mol. The molecule has 0 amide bonds. The molecule has 2 unspecified atom stereocenters. The normalized spacial score (nSPS) is 15.7. The average Bonchev–Trinajstić information content (AvgIpc) is 3.19. The van der Waals surface area contributed by atoms with Gasteiger partial charge in [-0.05, 0) is 67.1 Å². The summed E-state index contributed by atoms with van der Waals surface area (Å²) < 4.78 is 17.8. The third kappa shape index (κ3) is 5.06. The third-order valence-corrected chi connectivity index (χ3v) is 6.72. The molecule has 1 aliphatic carbocycles. The minimum Gasteiger partial charge on any atom is -0.494 e. The van der Waals surface area contributed by atoms with Crippen molar-refractivity contribution in [3.63, 3.8) is 0 Å². The van der Waals surface area contributed by atoms with Gasteiger partial charge in [0, 0.05) is 18.1 Å². The Kier molecular flexibility index (Phi) is 7.76. The topological polar surface area (TPSA) is 65.0 Å². The van der Waals surface area contributed by atoms with Crippen molar-refractivity contribution in [2.75, 3.05) is 19.8 Å². The lowest BCUT2D eigenvalue weighted by Gasteiger charge is -2.25. The van der Waals surface area contributed by atoms with Crippen LogP contribution in [0.4, 0.5) is 0 Å². The first kappa shape index (κ1) is 24.8. The number of ether oxygens (including phenoxy) is 3. The number of hydrogen-bond donors (Lipinski definition) is 1. The molecule has 2 atom stereocenters. The lowest BCUT2D eigenvalue weighted by atomic mass is 9.94. The van der Waals surface area contributed by atoms with Crippen LogP contribution in [0.3, 0.4) is 0 Å². The van der Waals surface area contributed by atoms with Gasteiger partial charge in [0.15, 0.2) is 5.60 Å². The summed E-state index contributed by atoms with van der Waals surface area (Å²) in [6, 6.07) is 22.0. The predicted molar refractivity (Wildman–Crippen MR) is 137 cm³/mol. The first-order valence-electron chi connectivity index (χ1n) is 12.4. The molecule has 35 heavy (non-hydrogen) atoms. The molecule has 184 valence electrons. The molecule has 0 aliphatic heterocycles. The molecule has 0 heterocycles. The van der Waals surface area contributed by atoms with Crippen LogP contribution < -0.4 is 9.47 Å². The Morgan fingerprint density at radius 3 is 2.37 bits per heavy atom. The van der Waals surface area contributed by atoms with Crippen LogP contribution in [0.25, 0.3) is 11.1 Å². The maximum atomic E-state index is 11.7. The predicted octanol–water partition coefficient (Wildman–Crippen LogP) is 6.78. The van der Waals surface area contributed by atoms with Crippen molar-refractivity contribution in [3.05, 3.63) is 83.4 Å². The van der Waals surface area contributed by atoms with Crippen molar-refractivity contribution >= 4 is 5.97 Å². The van der Waals surface area contributed by atoms with Gasteiger partial charge in [-0.1, -0.05) is 61.9 Å². The molecule has 3 aromatic rings. The van der Waals surface area contributed by atoms with Gasteiger partial charge in [0.25, 0.3) is 0 Å². The Morgan fingerprint density at radius 2 is 1.66 bits per heavy atom. The van der Waals surface area contributed by atoms with Crippen LogP contribution in [-0.4, -0.2) is 30.9 Å². The van der Waals surface area contributed by atoms with E-state index in [0.717, 1.165) is 31.6 Å². The molecule has 1 N–H and O–H groups in total. The second kappa shape index (κ2) is 11.0. The molecule has 0 bridgehead atoms. The molecule has 0 radical (unpaired) electrons. The molecule has 5 heteroatoms. The van der Waals surface area contributed by atoms with Gasteiger partial charge in [-0.3, -0.25) is 0 Å². The smallest absolute Gasteiger partial charge is 0.340 e. The Balaban J connectivity index is 1.48. The first-order chi connectivity index (χ1) is 17.0. The molecule has 5 nitrogen and oxygen atoms in total. The molecule has 0 fully saturated rings. The lowest BCUT2D eigenvalue weighted by Crippen LogP contribution is -2.35. The number of rotatable bonds is 12. The Labute approximate surface area is 207 Å². The summed E-state index contributed by atoms with van der Waals surface area (Å²) in [5.74, 6) is 0.896. The van der Waals surface area contributed by atoms with E-state index < -0.39 is 11.6 Å². The maximum Gasteiger partial charge on any atom is 0.340 e. The van der Waals surface area contributed by atoms with Gasteiger partial charge >= 0.3 is 5.97 Å².